The van der Waals surface area contributed by atoms with Crippen LogP contribution in [-0.2, 0) is 11.0 Å². The van der Waals surface area contributed by atoms with Gasteiger partial charge in [0.05, 0.1) is 24.0 Å². The summed E-state index contributed by atoms with van der Waals surface area (Å²) < 4.78 is 57.9. The number of amides is 1. The number of nitrogens with zero attached hydrogens (tertiary/aromatic N) is 1. The maximum atomic E-state index is 14.3. The number of benzene rings is 2. The van der Waals surface area contributed by atoms with Gasteiger partial charge in [0.2, 0.25) is 6.17 Å². The molecule has 0 bridgehead atoms. The molecule has 2 aromatic rings. The monoisotopic (exact) mass is 359 g/mol. The molecule has 1 aliphatic rings. The van der Waals surface area contributed by atoms with Crippen molar-refractivity contribution in [2.75, 3.05) is 12.0 Å². The number of anilines is 2. The Labute approximate surface area is 139 Å². The van der Waals surface area contributed by atoms with E-state index in [2.05, 4.69) is 0 Å². The minimum Gasteiger partial charge on any atom is -0.495 e. The van der Waals surface area contributed by atoms with E-state index >= 15 is 0 Å². The lowest BCUT2D eigenvalue weighted by atomic mass is 10.1. The van der Waals surface area contributed by atoms with Crippen molar-refractivity contribution in [3.63, 3.8) is 0 Å². The van der Waals surface area contributed by atoms with Gasteiger partial charge in [-0.1, -0.05) is 11.6 Å². The molecule has 8 heteroatoms. The molecule has 3 nitrogen and oxygen atoms in total. The number of carbonyl (C=O) groups is 1. The van der Waals surface area contributed by atoms with Crippen molar-refractivity contribution in [3.05, 3.63) is 52.5 Å². The molecule has 0 radical (unpaired) electrons. The van der Waals surface area contributed by atoms with Gasteiger partial charge in [0, 0.05) is 10.6 Å². The number of hydrogen-bond donors (Lipinski definition) is 0. The Morgan fingerprint density at radius 1 is 1.12 bits per heavy atom. The van der Waals surface area contributed by atoms with Crippen molar-refractivity contribution in [3.8, 4) is 5.75 Å². The van der Waals surface area contributed by atoms with Crippen LogP contribution in [0, 0.1) is 0 Å². The van der Waals surface area contributed by atoms with Crippen molar-refractivity contribution in [2.24, 2.45) is 0 Å². The first-order valence-corrected chi connectivity index (χ1v) is 7.14. The molecular weight excluding hydrogens is 350 g/mol. The van der Waals surface area contributed by atoms with Gasteiger partial charge in [0.15, 0.2) is 0 Å². The highest BCUT2D eigenvalue weighted by Gasteiger charge is 2.42. The Morgan fingerprint density at radius 3 is 2.46 bits per heavy atom. The van der Waals surface area contributed by atoms with Crippen LogP contribution in [0.5, 0.6) is 5.75 Å². The largest absolute Gasteiger partial charge is 0.495 e. The lowest BCUT2D eigenvalue weighted by Gasteiger charge is -2.20. The van der Waals surface area contributed by atoms with Gasteiger partial charge in [0.1, 0.15) is 5.75 Å². The zero-order valence-corrected chi connectivity index (χ0v) is 13.0. The van der Waals surface area contributed by atoms with Crippen LogP contribution >= 0.6 is 11.6 Å². The minimum atomic E-state index is -4.63. The standard InChI is InChI=1S/C16H10ClF4NO2/c1-24-13-5-3-9(17)7-12(13)22-11-4-2-8(16(19,20)21)6-10(11)14(18)15(22)23/h2-7,14H,1H3/t14-/m0/s1. The van der Waals surface area contributed by atoms with E-state index in [9.17, 15) is 22.4 Å². The van der Waals surface area contributed by atoms with Crippen LogP contribution in [0.4, 0.5) is 28.9 Å². The zero-order chi connectivity index (χ0) is 17.6. The van der Waals surface area contributed by atoms with Crippen LogP contribution in [-0.4, -0.2) is 13.0 Å². The van der Waals surface area contributed by atoms with Crippen molar-refractivity contribution >= 4 is 28.9 Å². The summed E-state index contributed by atoms with van der Waals surface area (Å²) in [6, 6.07) is 6.90. The van der Waals surface area contributed by atoms with Crippen LogP contribution in [0.2, 0.25) is 5.02 Å². The number of carbonyl (C=O) groups excluding carboxylic acids is 1. The first-order valence-electron chi connectivity index (χ1n) is 6.76. The quantitative estimate of drug-likeness (QED) is 0.702. The summed E-state index contributed by atoms with van der Waals surface area (Å²) in [4.78, 5) is 13.3. The summed E-state index contributed by atoms with van der Waals surface area (Å²) in [7, 11) is 1.36. The number of ether oxygens (including phenoxy) is 1. The normalized spacial score (nSPS) is 17.2. The first-order chi connectivity index (χ1) is 11.2. The highest BCUT2D eigenvalue weighted by Crippen LogP contribution is 2.47. The second kappa shape index (κ2) is 5.66. The maximum Gasteiger partial charge on any atom is 0.416 e. The van der Waals surface area contributed by atoms with Gasteiger partial charge in [-0.25, -0.2) is 4.39 Å². The van der Waals surface area contributed by atoms with Gasteiger partial charge >= 0.3 is 6.18 Å². The van der Waals surface area contributed by atoms with Gasteiger partial charge < -0.3 is 4.74 Å². The molecule has 0 saturated carbocycles. The second-order valence-electron chi connectivity index (χ2n) is 5.12. The molecule has 0 aliphatic carbocycles. The number of fused-ring (bicyclic) bond motifs is 1. The van der Waals surface area contributed by atoms with Gasteiger partial charge in [-0.3, -0.25) is 9.69 Å². The Balaban J connectivity index is 2.17. The predicted molar refractivity (Wildman–Crippen MR) is 80.4 cm³/mol. The third kappa shape index (κ3) is 2.58. The summed E-state index contributed by atoms with van der Waals surface area (Å²) in [6.07, 6.45) is -6.81. The van der Waals surface area contributed by atoms with E-state index in [0.29, 0.717) is 6.07 Å². The first kappa shape index (κ1) is 16.6. The molecule has 24 heavy (non-hydrogen) atoms. The fourth-order valence-corrected chi connectivity index (χ4v) is 2.76. The van der Waals surface area contributed by atoms with Crippen molar-refractivity contribution in [1.82, 2.24) is 0 Å². The number of hydrogen-bond acceptors (Lipinski definition) is 2. The van der Waals surface area contributed by atoms with E-state index in [-0.39, 0.29) is 27.7 Å². The molecule has 1 heterocycles. The fraction of sp³-hybridized carbons (Fsp3) is 0.188. The third-order valence-electron chi connectivity index (χ3n) is 3.69. The van der Waals surface area contributed by atoms with E-state index in [1.807, 2.05) is 0 Å². The maximum absolute atomic E-state index is 14.3. The molecule has 0 N–H and O–H groups in total. The molecule has 0 unspecified atom stereocenters. The Hall–Kier alpha value is -2.28. The molecule has 1 aliphatic heterocycles. The van der Waals surface area contributed by atoms with E-state index in [1.165, 1.54) is 25.3 Å². The molecule has 0 spiro atoms. The van der Waals surface area contributed by atoms with Gasteiger partial charge in [0.25, 0.3) is 5.91 Å². The summed E-state index contributed by atoms with van der Waals surface area (Å²) in [5, 5.41) is 0.273. The van der Waals surface area contributed by atoms with Crippen LogP contribution in [0.3, 0.4) is 0 Å². The van der Waals surface area contributed by atoms with Gasteiger partial charge in [-0.05, 0) is 36.4 Å². The highest BCUT2D eigenvalue weighted by molar-refractivity contribution is 6.31. The highest BCUT2D eigenvalue weighted by atomic mass is 35.5. The van der Waals surface area contributed by atoms with E-state index < -0.39 is 23.8 Å². The molecule has 1 atom stereocenters. The van der Waals surface area contributed by atoms with Crippen LogP contribution in [0.15, 0.2) is 36.4 Å². The average Bonchev–Trinajstić information content (AvgIpc) is 2.77. The lowest BCUT2D eigenvalue weighted by Crippen LogP contribution is -2.22. The Morgan fingerprint density at radius 2 is 1.83 bits per heavy atom. The molecule has 2 aromatic carbocycles. The van der Waals surface area contributed by atoms with Crippen LogP contribution in [0.25, 0.3) is 0 Å². The SMILES string of the molecule is COc1ccc(Cl)cc1N1C(=O)[C@@H](F)c2cc(C(F)(F)F)ccc21. The smallest absolute Gasteiger partial charge is 0.416 e. The van der Waals surface area contributed by atoms with Gasteiger partial charge in [-0.15, -0.1) is 0 Å². The van der Waals surface area contributed by atoms with E-state index in [1.54, 1.807) is 0 Å². The topological polar surface area (TPSA) is 29.5 Å². The molecule has 0 aromatic heterocycles. The average molecular weight is 360 g/mol. The molecule has 1 amide bonds. The third-order valence-corrected chi connectivity index (χ3v) is 3.92. The van der Waals surface area contributed by atoms with Gasteiger partial charge in [-0.2, -0.15) is 13.2 Å². The van der Waals surface area contributed by atoms with Crippen LogP contribution < -0.4 is 9.64 Å². The summed E-state index contributed by atoms with van der Waals surface area (Å²) >= 11 is 5.91. The number of alkyl halides is 4. The number of halogens is 5. The Kier molecular flexibility index (Phi) is 3.91. The molecule has 0 fully saturated rings. The predicted octanol–water partition coefficient (Wildman–Crippen LogP) is 5.06. The Bertz CT molecular complexity index is 822. The van der Waals surface area contributed by atoms with Crippen molar-refractivity contribution < 1.29 is 27.1 Å². The fourth-order valence-electron chi connectivity index (χ4n) is 2.59. The van der Waals surface area contributed by atoms with Crippen molar-refractivity contribution in [1.29, 1.82) is 0 Å². The minimum absolute atomic E-state index is 0.0288. The summed E-state index contributed by atoms with van der Waals surface area (Å²) in [5.41, 5.74) is -1.16. The van der Waals surface area contributed by atoms with Crippen LogP contribution in [0.1, 0.15) is 17.3 Å². The number of rotatable bonds is 2. The van der Waals surface area contributed by atoms with E-state index in [4.69, 9.17) is 16.3 Å². The molecule has 3 rings (SSSR count). The lowest BCUT2D eigenvalue weighted by molar-refractivity contribution is -0.137. The van der Waals surface area contributed by atoms with E-state index in [0.717, 1.165) is 17.0 Å². The molecule has 126 valence electrons. The van der Waals surface area contributed by atoms with Crippen molar-refractivity contribution in [2.45, 2.75) is 12.3 Å². The summed E-state index contributed by atoms with van der Waals surface area (Å²) in [5.74, 6) is -0.752. The zero-order valence-electron chi connectivity index (χ0n) is 12.2. The number of methoxy groups -OCH3 is 1. The molecular formula is C16H10ClF4NO2. The molecule has 0 saturated heterocycles. The summed E-state index contributed by atoms with van der Waals surface area (Å²) in [6.45, 7) is 0. The second-order valence-corrected chi connectivity index (χ2v) is 5.56.